The van der Waals surface area contributed by atoms with Gasteiger partial charge in [0.1, 0.15) is 0 Å². The van der Waals surface area contributed by atoms with Crippen molar-refractivity contribution in [3.8, 4) is 0 Å². The lowest BCUT2D eigenvalue weighted by Crippen LogP contribution is -2.22. The van der Waals surface area contributed by atoms with E-state index < -0.39 is 11.7 Å². The third kappa shape index (κ3) is 5.94. The summed E-state index contributed by atoms with van der Waals surface area (Å²) < 4.78 is 39.8. The molecule has 0 radical (unpaired) electrons. The zero-order valence-electron chi connectivity index (χ0n) is 16.9. The molecule has 7 heteroatoms. The van der Waals surface area contributed by atoms with Gasteiger partial charge in [0, 0.05) is 22.6 Å². The highest BCUT2D eigenvalue weighted by Gasteiger charge is 2.33. The highest BCUT2D eigenvalue weighted by atomic mass is 32.2. The monoisotopic (exact) mass is 436 g/mol. The van der Waals surface area contributed by atoms with Crippen LogP contribution < -0.4 is 4.90 Å². The average Bonchev–Trinajstić information content (AvgIpc) is 2.73. The maximum absolute atomic E-state index is 13.3. The van der Waals surface area contributed by atoms with E-state index in [4.69, 9.17) is 5.21 Å². The number of nitrogens with zero attached hydrogens (tertiary/aromatic N) is 2. The maximum atomic E-state index is 13.3. The van der Waals surface area contributed by atoms with Crippen LogP contribution in [0.5, 0.6) is 0 Å². The Morgan fingerprint density at radius 3 is 2.27 bits per heavy atom. The first kappa shape index (κ1) is 22.5. The van der Waals surface area contributed by atoms with Gasteiger partial charge in [0.05, 0.1) is 16.9 Å². The number of rotatable bonds is 10. The summed E-state index contributed by atoms with van der Waals surface area (Å²) in [7, 11) is 0. The van der Waals surface area contributed by atoms with Crippen molar-refractivity contribution in [1.82, 2.24) is 0 Å². The maximum Gasteiger partial charge on any atom is 0.416 e. The molecule has 0 saturated carbocycles. The minimum Gasteiger partial charge on any atom is -0.411 e. The molecule has 0 bridgehead atoms. The average molecular weight is 437 g/mol. The van der Waals surface area contributed by atoms with Gasteiger partial charge in [0.15, 0.2) is 0 Å². The Kier molecular flexibility index (Phi) is 8.08. The van der Waals surface area contributed by atoms with Crippen molar-refractivity contribution in [3.63, 3.8) is 0 Å². The number of hydrogen-bond acceptors (Lipinski definition) is 4. The van der Waals surface area contributed by atoms with Crippen molar-refractivity contribution in [1.29, 1.82) is 0 Å². The van der Waals surface area contributed by atoms with Crippen molar-refractivity contribution >= 4 is 29.4 Å². The minimum atomic E-state index is -4.34. The Balaban J connectivity index is 1.59. The van der Waals surface area contributed by atoms with Gasteiger partial charge in [-0.15, -0.1) is 5.16 Å². The second-order valence-electron chi connectivity index (χ2n) is 7.46. The van der Waals surface area contributed by atoms with E-state index in [0.29, 0.717) is 12.2 Å². The van der Waals surface area contributed by atoms with E-state index in [1.165, 1.54) is 30.1 Å². The topological polar surface area (TPSA) is 35.8 Å². The third-order valence-electron chi connectivity index (χ3n) is 5.25. The van der Waals surface area contributed by atoms with Crippen LogP contribution in [0.25, 0.3) is 0 Å². The SMILES string of the molecule is O/N=C/CCCCCCCCCN1c2ccccc2Sc2ccc(C(F)(F)F)cc21. The highest BCUT2D eigenvalue weighted by Crippen LogP contribution is 2.49. The molecule has 1 aliphatic rings. The fourth-order valence-electron chi connectivity index (χ4n) is 3.69. The van der Waals surface area contributed by atoms with Crippen LogP contribution in [0.3, 0.4) is 0 Å². The molecular weight excluding hydrogens is 409 g/mol. The van der Waals surface area contributed by atoms with Gasteiger partial charge >= 0.3 is 6.18 Å². The van der Waals surface area contributed by atoms with E-state index in [9.17, 15) is 13.2 Å². The summed E-state index contributed by atoms with van der Waals surface area (Å²) in [6.07, 6.45) is 5.56. The van der Waals surface area contributed by atoms with Crippen LogP contribution in [0.1, 0.15) is 56.9 Å². The van der Waals surface area contributed by atoms with E-state index in [0.717, 1.165) is 66.8 Å². The first-order chi connectivity index (χ1) is 14.5. The van der Waals surface area contributed by atoms with Gasteiger partial charge in [-0.3, -0.25) is 0 Å². The van der Waals surface area contributed by atoms with Gasteiger partial charge in [-0.05, 0) is 49.6 Å². The predicted octanol–water partition coefficient (Wildman–Crippen LogP) is 7.89. The summed E-state index contributed by atoms with van der Waals surface area (Å²) in [6.45, 7) is 0.707. The number of benzene rings is 2. The van der Waals surface area contributed by atoms with Crippen LogP contribution in [0.4, 0.5) is 24.5 Å². The van der Waals surface area contributed by atoms with E-state index >= 15 is 0 Å². The molecule has 0 amide bonds. The van der Waals surface area contributed by atoms with Crippen LogP contribution in [0.15, 0.2) is 57.4 Å². The molecule has 1 heterocycles. The van der Waals surface area contributed by atoms with Crippen molar-refractivity contribution in [2.24, 2.45) is 5.16 Å². The van der Waals surface area contributed by atoms with E-state index in [-0.39, 0.29) is 0 Å². The summed E-state index contributed by atoms with van der Waals surface area (Å²) >= 11 is 1.53. The van der Waals surface area contributed by atoms with Crippen molar-refractivity contribution in [3.05, 3.63) is 48.0 Å². The molecule has 0 aliphatic carbocycles. The van der Waals surface area contributed by atoms with Gasteiger partial charge in [-0.2, -0.15) is 13.2 Å². The number of halogens is 3. The summed E-state index contributed by atoms with van der Waals surface area (Å²) in [5.41, 5.74) is 1.04. The molecule has 1 N–H and O–H groups in total. The molecule has 3 nitrogen and oxygen atoms in total. The molecular formula is C23H27F3N2OS. The van der Waals surface area contributed by atoms with Crippen molar-refractivity contribution in [2.75, 3.05) is 11.4 Å². The zero-order chi connectivity index (χ0) is 21.4. The van der Waals surface area contributed by atoms with E-state index in [1.54, 1.807) is 6.07 Å². The molecule has 2 aromatic carbocycles. The van der Waals surface area contributed by atoms with Crippen LogP contribution >= 0.6 is 11.8 Å². The zero-order valence-corrected chi connectivity index (χ0v) is 17.7. The minimum absolute atomic E-state index is 0.600. The molecule has 0 saturated heterocycles. The molecule has 0 spiro atoms. The number of para-hydroxylation sites is 1. The molecule has 30 heavy (non-hydrogen) atoms. The summed E-state index contributed by atoms with van der Waals surface area (Å²) in [6, 6.07) is 12.0. The molecule has 3 rings (SSSR count). The highest BCUT2D eigenvalue weighted by molar-refractivity contribution is 7.99. The summed E-state index contributed by atoms with van der Waals surface area (Å²) in [5.74, 6) is 0. The van der Waals surface area contributed by atoms with Crippen molar-refractivity contribution < 1.29 is 18.4 Å². The first-order valence-electron chi connectivity index (χ1n) is 10.4. The predicted molar refractivity (Wildman–Crippen MR) is 116 cm³/mol. The van der Waals surface area contributed by atoms with Crippen LogP contribution in [-0.4, -0.2) is 18.0 Å². The second kappa shape index (κ2) is 10.8. The number of unbranched alkanes of at least 4 members (excludes halogenated alkanes) is 7. The Bertz CT molecular complexity index is 855. The van der Waals surface area contributed by atoms with Gasteiger partial charge in [-0.1, -0.05) is 56.0 Å². The fourth-order valence-corrected chi connectivity index (χ4v) is 4.77. The van der Waals surface area contributed by atoms with Gasteiger partial charge < -0.3 is 10.1 Å². The Labute approximate surface area is 180 Å². The molecule has 0 fully saturated rings. The lowest BCUT2D eigenvalue weighted by atomic mass is 10.1. The van der Waals surface area contributed by atoms with Crippen molar-refractivity contribution in [2.45, 2.75) is 67.3 Å². The lowest BCUT2D eigenvalue weighted by Gasteiger charge is -2.33. The molecule has 1 aliphatic heterocycles. The van der Waals surface area contributed by atoms with Gasteiger partial charge in [0.2, 0.25) is 0 Å². The lowest BCUT2D eigenvalue weighted by molar-refractivity contribution is -0.137. The summed E-state index contributed by atoms with van der Waals surface area (Å²) in [4.78, 5) is 3.99. The Morgan fingerprint density at radius 2 is 1.53 bits per heavy atom. The molecule has 0 unspecified atom stereocenters. The Hall–Kier alpha value is -2.15. The smallest absolute Gasteiger partial charge is 0.411 e. The Morgan fingerprint density at radius 1 is 0.867 bits per heavy atom. The first-order valence-corrected chi connectivity index (χ1v) is 11.2. The molecule has 162 valence electrons. The van der Waals surface area contributed by atoms with Gasteiger partial charge in [0.25, 0.3) is 0 Å². The number of oxime groups is 1. The quantitative estimate of drug-likeness (QED) is 0.178. The van der Waals surface area contributed by atoms with Gasteiger partial charge in [-0.25, -0.2) is 0 Å². The number of anilines is 2. The number of hydrogen-bond donors (Lipinski definition) is 1. The third-order valence-corrected chi connectivity index (χ3v) is 6.38. The number of fused-ring (bicyclic) bond motifs is 2. The van der Waals surface area contributed by atoms with Crippen LogP contribution in [0, 0.1) is 0 Å². The number of alkyl halides is 3. The second-order valence-corrected chi connectivity index (χ2v) is 8.55. The molecule has 2 aromatic rings. The molecule has 0 aromatic heterocycles. The standard InChI is InChI=1S/C23H27F3N2OS/c24-23(25,26)18-13-14-22-20(17-18)28(19-11-7-8-12-21(19)30-22)16-10-6-4-2-1-3-5-9-15-27-29/h7-8,11-15,17,29H,1-6,9-10,16H2/b27-15+. The summed E-state index contributed by atoms with van der Waals surface area (Å²) in [5, 5.41) is 11.4. The van der Waals surface area contributed by atoms with Crippen LogP contribution in [0.2, 0.25) is 0 Å². The van der Waals surface area contributed by atoms with E-state index in [1.807, 2.05) is 29.2 Å². The molecule has 0 atom stereocenters. The van der Waals surface area contributed by atoms with Crippen LogP contribution in [-0.2, 0) is 6.18 Å². The largest absolute Gasteiger partial charge is 0.416 e. The fraction of sp³-hybridized carbons (Fsp3) is 0.435. The normalized spacial score (nSPS) is 13.5. The van der Waals surface area contributed by atoms with E-state index in [2.05, 4.69) is 5.16 Å².